The zero-order chi connectivity index (χ0) is 30.1. The molecule has 45 heavy (non-hydrogen) atoms. The zero-order valence-electron chi connectivity index (χ0n) is 25.0. The number of hydrogen-bond acceptors (Lipinski definition) is 5. The maximum absolute atomic E-state index is 6.47. The van der Waals surface area contributed by atoms with Gasteiger partial charge >= 0.3 is 188 Å². The molecule has 4 aromatic carbocycles. The maximum Gasteiger partial charge on any atom is 0.0160 e. The molecule has 0 aliphatic rings. The second-order valence-corrected chi connectivity index (χ2v) is 22.1. The molecule has 0 saturated carbocycles. The van der Waals surface area contributed by atoms with Crippen LogP contribution in [0, 0.1) is 12.1 Å². The summed E-state index contributed by atoms with van der Waals surface area (Å²) in [6.45, 7) is 0. The number of fused-ring (bicyclic) bond motifs is 4. The molecule has 0 spiro atoms. The molecule has 0 fully saturated rings. The largest absolute Gasteiger partial charge is 0.305 e. The Morgan fingerprint density at radius 1 is 0.756 bits per heavy atom. The maximum atomic E-state index is 6.47. The van der Waals surface area contributed by atoms with E-state index in [-0.39, 0.29) is 20.1 Å². The van der Waals surface area contributed by atoms with Gasteiger partial charge in [0.15, 0.2) is 0 Å². The molecule has 0 aliphatic carbocycles. The number of pyridine rings is 1. The number of para-hydroxylation sites is 1. The van der Waals surface area contributed by atoms with Crippen LogP contribution >= 0.6 is 0 Å². The van der Waals surface area contributed by atoms with E-state index in [9.17, 15) is 0 Å². The van der Waals surface area contributed by atoms with E-state index in [1.165, 1.54) is 4.40 Å². The number of rotatable bonds is 4. The minimum atomic E-state index is -1.98. The summed E-state index contributed by atoms with van der Waals surface area (Å²) in [7, 11) is 0. The quantitative estimate of drug-likeness (QED) is 0.132. The van der Waals surface area contributed by atoms with Crippen LogP contribution < -0.4 is 4.40 Å². The Balaban J connectivity index is 0.000000231. The van der Waals surface area contributed by atoms with Crippen LogP contribution in [0.4, 0.5) is 0 Å². The Bertz CT molecular complexity index is 2170. The van der Waals surface area contributed by atoms with Crippen molar-refractivity contribution in [1.29, 1.82) is 0 Å². The van der Waals surface area contributed by atoms with Gasteiger partial charge in [-0.1, -0.05) is 12.1 Å². The Morgan fingerprint density at radius 3 is 2.33 bits per heavy atom. The summed E-state index contributed by atoms with van der Waals surface area (Å²) in [6, 6.07) is 42.9. The molecule has 0 bridgehead atoms. The zero-order valence-corrected chi connectivity index (χ0v) is 29.5. The van der Waals surface area contributed by atoms with Gasteiger partial charge in [0.1, 0.15) is 0 Å². The molecule has 0 saturated heterocycles. The van der Waals surface area contributed by atoms with E-state index in [1.54, 1.807) is 12.4 Å². The molecule has 1 radical (unpaired) electrons. The molecule has 0 atom stereocenters. The summed E-state index contributed by atoms with van der Waals surface area (Å²) < 4.78 is 9.92. The van der Waals surface area contributed by atoms with Gasteiger partial charge in [-0.3, -0.25) is 0 Å². The normalized spacial score (nSPS) is 11.3. The second-order valence-electron chi connectivity index (χ2n) is 11.5. The van der Waals surface area contributed by atoms with Gasteiger partial charge in [-0.2, -0.15) is 0 Å². The number of benzene rings is 4. The predicted octanol–water partition coefficient (Wildman–Crippen LogP) is 8.27. The van der Waals surface area contributed by atoms with Gasteiger partial charge in [-0.25, -0.2) is 0 Å². The average molecular weight is 825 g/mol. The van der Waals surface area contributed by atoms with Crippen molar-refractivity contribution >= 4 is 50.8 Å². The molecular formula is C37H29GeIrN5O-2. The average Bonchev–Trinajstić information content (AvgIpc) is 3.64. The molecule has 8 rings (SSSR count). The smallest absolute Gasteiger partial charge is 0.0160 e. The van der Waals surface area contributed by atoms with Crippen LogP contribution in [0.2, 0.25) is 17.3 Å². The van der Waals surface area contributed by atoms with Crippen LogP contribution in [0.25, 0.3) is 61.4 Å². The third kappa shape index (κ3) is 6.12. The monoisotopic (exact) mass is 826 g/mol. The molecule has 223 valence electrons. The van der Waals surface area contributed by atoms with Gasteiger partial charge in [-0.15, -0.1) is 35.9 Å². The summed E-state index contributed by atoms with van der Waals surface area (Å²) >= 11 is -1.98. The fourth-order valence-corrected chi connectivity index (χ4v) is 7.67. The molecule has 0 amide bonds. The van der Waals surface area contributed by atoms with Gasteiger partial charge in [0.2, 0.25) is 0 Å². The summed E-state index contributed by atoms with van der Waals surface area (Å²) in [5, 5.41) is 10.7. The first kappa shape index (κ1) is 30.6. The first-order valence-corrected chi connectivity index (χ1v) is 21.8. The van der Waals surface area contributed by atoms with E-state index in [1.807, 2.05) is 89.5 Å². The van der Waals surface area contributed by atoms with Crippen LogP contribution in [0.3, 0.4) is 0 Å². The minimum Gasteiger partial charge on any atom is -0.305 e. The number of imidazole rings is 1. The van der Waals surface area contributed by atoms with Crippen molar-refractivity contribution in [3.8, 4) is 28.3 Å². The number of hydrogen-bond donors (Lipinski definition) is 0. The van der Waals surface area contributed by atoms with E-state index in [4.69, 9.17) is 9.40 Å². The third-order valence-electron chi connectivity index (χ3n) is 7.52. The molecular weight excluding hydrogens is 795 g/mol. The summed E-state index contributed by atoms with van der Waals surface area (Å²) in [6.07, 6.45) is 3.45. The Kier molecular flexibility index (Phi) is 8.77. The van der Waals surface area contributed by atoms with Gasteiger partial charge in [0.05, 0.1) is 0 Å². The van der Waals surface area contributed by atoms with E-state index < -0.39 is 13.3 Å². The molecule has 0 N–H and O–H groups in total. The summed E-state index contributed by atoms with van der Waals surface area (Å²) in [5.74, 6) is 7.93. The first-order valence-electron chi connectivity index (χ1n) is 14.5. The Hall–Kier alpha value is -4.43. The Labute approximate surface area is 277 Å². The van der Waals surface area contributed by atoms with E-state index in [0.717, 1.165) is 55.8 Å². The van der Waals surface area contributed by atoms with Crippen LogP contribution in [0.1, 0.15) is 0 Å². The van der Waals surface area contributed by atoms with E-state index in [2.05, 4.69) is 68.8 Å². The van der Waals surface area contributed by atoms with Crippen molar-refractivity contribution in [1.82, 2.24) is 24.7 Å². The van der Waals surface area contributed by atoms with Gasteiger partial charge in [-0.05, 0) is 11.8 Å². The van der Waals surface area contributed by atoms with E-state index >= 15 is 0 Å². The first-order chi connectivity index (χ1) is 21.5. The molecule has 8 heteroatoms. The molecule has 0 aliphatic heterocycles. The van der Waals surface area contributed by atoms with Crippen molar-refractivity contribution in [2.24, 2.45) is 0 Å². The minimum absolute atomic E-state index is 0. The van der Waals surface area contributed by atoms with Crippen LogP contribution in [0.15, 0.2) is 126 Å². The molecule has 4 aromatic heterocycles. The predicted molar refractivity (Wildman–Crippen MR) is 180 cm³/mol. The van der Waals surface area contributed by atoms with Crippen LogP contribution in [-0.4, -0.2) is 38.0 Å². The Morgan fingerprint density at radius 2 is 1.58 bits per heavy atom. The van der Waals surface area contributed by atoms with Crippen molar-refractivity contribution in [2.75, 3.05) is 0 Å². The second kappa shape index (κ2) is 12.9. The molecule has 8 aromatic rings. The molecule has 6 nitrogen and oxygen atoms in total. The standard InChI is InChI=1S/C26H21GeN4O.C11H8N.Ir/c1-27(2,3)17-12-13-19-20-10-7-11-21(24(20)32-23(19)16-17)25-29-22-14-15-28-30-26(22)31(25)18-8-5-4-6-9-18;1-2-6-10(7-3-1)11-8-4-5-9-12-11;/h4-10,12-16H,1-3H3;1-6,8-9H;/q2*-1;. The third-order valence-corrected chi connectivity index (χ3v) is 11.8. The fraction of sp³-hybridized carbons (Fsp3) is 0.0811. The van der Waals surface area contributed by atoms with Gasteiger partial charge < -0.3 is 4.98 Å². The molecule has 4 heterocycles. The number of aromatic nitrogens is 5. The topological polar surface area (TPSA) is 69.6 Å². The van der Waals surface area contributed by atoms with Crippen molar-refractivity contribution in [2.45, 2.75) is 17.3 Å². The fourth-order valence-electron chi connectivity index (χ4n) is 5.27. The van der Waals surface area contributed by atoms with Crippen molar-refractivity contribution in [3.63, 3.8) is 0 Å². The SMILES string of the molecule is [CH3][Ge]([CH3])([CH3])[c]1ccc2c(c1)oc1c(-c3nc4ccnnc4n3-c3ccccc3)[c-]ccc12.[Ir].[c-]1ccccc1-c1ccccn1. The van der Waals surface area contributed by atoms with Crippen LogP contribution in [0.5, 0.6) is 0 Å². The number of furan rings is 1. The van der Waals surface area contributed by atoms with Crippen molar-refractivity contribution in [3.05, 3.63) is 134 Å². The summed E-state index contributed by atoms with van der Waals surface area (Å²) in [5.41, 5.74) is 7.00. The van der Waals surface area contributed by atoms with Gasteiger partial charge in [0, 0.05) is 26.3 Å². The van der Waals surface area contributed by atoms with Crippen LogP contribution in [-0.2, 0) is 20.1 Å². The number of nitrogens with zero attached hydrogens (tertiary/aromatic N) is 5. The molecule has 0 unspecified atom stereocenters. The van der Waals surface area contributed by atoms with Gasteiger partial charge in [0.25, 0.3) is 0 Å². The summed E-state index contributed by atoms with van der Waals surface area (Å²) in [4.78, 5) is 9.13. The van der Waals surface area contributed by atoms with Crippen molar-refractivity contribution < 1.29 is 24.5 Å². The van der Waals surface area contributed by atoms with E-state index in [0.29, 0.717) is 5.65 Å².